The number of aliphatic imine (C=N–C) groups is 2. The van der Waals surface area contributed by atoms with Gasteiger partial charge >= 0.3 is 0 Å². The molecule has 0 amide bonds. The van der Waals surface area contributed by atoms with E-state index in [0.717, 1.165) is 56.7 Å². The van der Waals surface area contributed by atoms with Gasteiger partial charge in [-0.15, -0.1) is 0 Å². The van der Waals surface area contributed by atoms with Crippen molar-refractivity contribution in [2.45, 2.75) is 50.7 Å². The van der Waals surface area contributed by atoms with Gasteiger partial charge in [-0.05, 0) is 69.8 Å². The lowest BCUT2D eigenvalue weighted by molar-refractivity contribution is 0.0565. The quantitative estimate of drug-likeness (QED) is 0.761. The van der Waals surface area contributed by atoms with Crippen molar-refractivity contribution in [3.8, 4) is 0 Å². The van der Waals surface area contributed by atoms with Gasteiger partial charge in [0, 0.05) is 69.9 Å². The number of nitrogens with zero attached hydrogens (tertiary/aromatic N) is 5. The number of hydrogen-bond donors (Lipinski definition) is 1. The van der Waals surface area contributed by atoms with Crippen LogP contribution in [0.25, 0.3) is 0 Å². The molecule has 33 heavy (non-hydrogen) atoms. The van der Waals surface area contributed by atoms with Crippen LogP contribution in [-0.2, 0) is 4.74 Å². The summed E-state index contributed by atoms with van der Waals surface area (Å²) in [6.07, 6.45) is 6.60. The van der Waals surface area contributed by atoms with Gasteiger partial charge in [0.05, 0.1) is 18.3 Å². The molecule has 2 atom stereocenters. The van der Waals surface area contributed by atoms with Crippen LogP contribution in [0, 0.1) is 5.92 Å². The molecule has 1 N–H and O–H groups in total. The van der Waals surface area contributed by atoms with Gasteiger partial charge in [-0.2, -0.15) is 0 Å². The lowest BCUT2D eigenvalue weighted by Crippen LogP contribution is -2.52. The molecule has 0 saturated carbocycles. The van der Waals surface area contributed by atoms with Crippen molar-refractivity contribution in [3.63, 3.8) is 0 Å². The lowest BCUT2D eigenvalue weighted by Gasteiger charge is -2.42. The molecule has 0 aliphatic carbocycles. The summed E-state index contributed by atoms with van der Waals surface area (Å²) in [6, 6.07) is 10.1. The van der Waals surface area contributed by atoms with E-state index in [9.17, 15) is 0 Å². The zero-order valence-corrected chi connectivity index (χ0v) is 20.3. The minimum atomic E-state index is 0.245. The number of hydrogen-bond acceptors (Lipinski definition) is 7. The third-order valence-corrected chi connectivity index (χ3v) is 7.99. The summed E-state index contributed by atoms with van der Waals surface area (Å²) in [5.74, 6) is 1.45. The molecule has 7 heteroatoms. The van der Waals surface area contributed by atoms with Crippen molar-refractivity contribution in [1.29, 1.82) is 0 Å². The first-order chi connectivity index (χ1) is 16.2. The third-order valence-electron chi connectivity index (χ3n) is 7.99. The summed E-state index contributed by atoms with van der Waals surface area (Å²) in [7, 11) is 2.23. The number of anilines is 2. The SMILES string of the molecule is CC1N=CC(Nc2ccc(N3CCC(N4CCN(C)CC4)CC3)cc2)=NC1C1CCOCC1. The molecule has 1 aromatic carbocycles. The van der Waals surface area contributed by atoms with Crippen LogP contribution >= 0.6 is 0 Å². The zero-order chi connectivity index (χ0) is 22.6. The third kappa shape index (κ3) is 5.58. The monoisotopic (exact) mass is 452 g/mol. The highest BCUT2D eigenvalue weighted by molar-refractivity contribution is 6.35. The first kappa shape index (κ1) is 22.8. The molecule has 0 radical (unpaired) electrons. The molecule has 7 nitrogen and oxygen atoms in total. The summed E-state index contributed by atoms with van der Waals surface area (Å²) in [4.78, 5) is 17.5. The van der Waals surface area contributed by atoms with Crippen LogP contribution in [0.3, 0.4) is 0 Å². The largest absolute Gasteiger partial charge is 0.381 e. The van der Waals surface area contributed by atoms with Gasteiger partial charge in [0.25, 0.3) is 0 Å². The predicted molar refractivity (Wildman–Crippen MR) is 137 cm³/mol. The molecule has 4 heterocycles. The second-order valence-electron chi connectivity index (χ2n) is 10.2. The van der Waals surface area contributed by atoms with Crippen LogP contribution < -0.4 is 10.2 Å². The Kier molecular flexibility index (Phi) is 7.28. The molecule has 0 bridgehead atoms. The van der Waals surface area contributed by atoms with Crippen LogP contribution in [-0.4, -0.2) is 99.5 Å². The highest BCUT2D eigenvalue weighted by Gasteiger charge is 2.30. The smallest absolute Gasteiger partial charge is 0.144 e. The van der Waals surface area contributed by atoms with Crippen LogP contribution in [0.5, 0.6) is 0 Å². The van der Waals surface area contributed by atoms with Gasteiger partial charge in [-0.3, -0.25) is 14.9 Å². The molecule has 4 aliphatic rings. The fourth-order valence-corrected chi connectivity index (χ4v) is 5.78. The number of piperidine rings is 1. The molecular weight excluding hydrogens is 412 g/mol. The predicted octanol–water partition coefficient (Wildman–Crippen LogP) is 2.98. The number of benzene rings is 1. The lowest BCUT2D eigenvalue weighted by atomic mass is 9.88. The first-order valence-corrected chi connectivity index (χ1v) is 12.9. The highest BCUT2D eigenvalue weighted by atomic mass is 16.5. The number of piperazine rings is 1. The molecule has 180 valence electrons. The average Bonchev–Trinajstić information content (AvgIpc) is 2.87. The topological polar surface area (TPSA) is 55.7 Å². The van der Waals surface area contributed by atoms with Crippen molar-refractivity contribution in [2.24, 2.45) is 15.9 Å². The molecule has 0 spiro atoms. The Hall–Kier alpha value is -1.96. The maximum atomic E-state index is 5.54. The van der Waals surface area contributed by atoms with E-state index in [1.165, 1.54) is 44.7 Å². The number of amidine groups is 1. The fourth-order valence-electron chi connectivity index (χ4n) is 5.78. The van der Waals surface area contributed by atoms with E-state index >= 15 is 0 Å². The van der Waals surface area contributed by atoms with Crippen molar-refractivity contribution in [2.75, 3.05) is 69.7 Å². The fraction of sp³-hybridized carbons (Fsp3) is 0.692. The Morgan fingerprint density at radius 1 is 0.909 bits per heavy atom. The van der Waals surface area contributed by atoms with Crippen molar-refractivity contribution < 1.29 is 4.74 Å². The number of rotatable bonds is 4. The van der Waals surface area contributed by atoms with Gasteiger partial charge in [-0.1, -0.05) is 0 Å². The van der Waals surface area contributed by atoms with Crippen LogP contribution in [0.15, 0.2) is 34.3 Å². The van der Waals surface area contributed by atoms with Gasteiger partial charge in [0.15, 0.2) is 0 Å². The molecule has 3 fully saturated rings. The van der Waals surface area contributed by atoms with Crippen molar-refractivity contribution in [1.82, 2.24) is 9.80 Å². The van der Waals surface area contributed by atoms with E-state index < -0.39 is 0 Å². The van der Waals surface area contributed by atoms with Gasteiger partial charge < -0.3 is 19.9 Å². The number of nitrogens with one attached hydrogen (secondary N) is 1. The summed E-state index contributed by atoms with van der Waals surface area (Å²) in [6.45, 7) is 11.0. The molecule has 3 saturated heterocycles. The summed E-state index contributed by atoms with van der Waals surface area (Å²) in [5, 5.41) is 3.49. The Balaban J connectivity index is 1.14. The standard InChI is InChI=1S/C26H40N6O/c1-20-26(21-9-17-33-18-10-21)29-25(19-27-20)28-22-3-5-23(6-4-22)31-11-7-24(8-12-31)32-15-13-30(2)14-16-32/h3-6,19-21,24,26H,7-18H2,1-2H3,(H,28,29). The normalized spacial score (nSPS) is 28.7. The molecular formula is C26H40N6O. The molecule has 1 aromatic rings. The molecule has 0 aromatic heterocycles. The maximum absolute atomic E-state index is 5.54. The van der Waals surface area contributed by atoms with E-state index in [-0.39, 0.29) is 12.1 Å². The second-order valence-corrected chi connectivity index (χ2v) is 10.2. The van der Waals surface area contributed by atoms with Crippen molar-refractivity contribution in [3.05, 3.63) is 24.3 Å². The second kappa shape index (κ2) is 10.5. The van der Waals surface area contributed by atoms with E-state index in [2.05, 4.69) is 58.3 Å². The number of likely N-dealkylation sites (N-methyl/N-ethyl adjacent to an activating group) is 1. The van der Waals surface area contributed by atoms with Crippen LogP contribution in [0.2, 0.25) is 0 Å². The van der Waals surface area contributed by atoms with Gasteiger partial charge in [0.1, 0.15) is 5.84 Å². The highest BCUT2D eigenvalue weighted by Crippen LogP contribution is 2.27. The molecule has 2 unspecified atom stereocenters. The van der Waals surface area contributed by atoms with E-state index in [1.54, 1.807) is 0 Å². The summed E-state index contributed by atoms with van der Waals surface area (Å²) >= 11 is 0. The zero-order valence-electron chi connectivity index (χ0n) is 20.3. The minimum Gasteiger partial charge on any atom is -0.381 e. The Morgan fingerprint density at radius 2 is 1.61 bits per heavy atom. The van der Waals surface area contributed by atoms with Crippen LogP contribution in [0.4, 0.5) is 11.4 Å². The maximum Gasteiger partial charge on any atom is 0.144 e. The van der Waals surface area contributed by atoms with Gasteiger partial charge in [-0.25, -0.2) is 0 Å². The van der Waals surface area contributed by atoms with Crippen LogP contribution in [0.1, 0.15) is 32.6 Å². The van der Waals surface area contributed by atoms with E-state index in [0.29, 0.717) is 5.92 Å². The van der Waals surface area contributed by atoms with Gasteiger partial charge in [0.2, 0.25) is 0 Å². The Morgan fingerprint density at radius 3 is 2.30 bits per heavy atom. The Labute approximate surface area is 198 Å². The Bertz CT molecular complexity index is 818. The van der Waals surface area contributed by atoms with E-state index in [1.807, 2.05) is 6.21 Å². The van der Waals surface area contributed by atoms with E-state index in [4.69, 9.17) is 14.7 Å². The van der Waals surface area contributed by atoms with Crippen molar-refractivity contribution >= 4 is 23.4 Å². The first-order valence-electron chi connectivity index (χ1n) is 12.9. The average molecular weight is 453 g/mol. The molecule has 5 rings (SSSR count). The summed E-state index contributed by atoms with van der Waals surface area (Å²) in [5.41, 5.74) is 2.40. The molecule has 4 aliphatic heterocycles. The minimum absolute atomic E-state index is 0.245. The number of ether oxygens (including phenoxy) is 1. The summed E-state index contributed by atoms with van der Waals surface area (Å²) < 4.78 is 5.54.